The molecule has 0 aliphatic heterocycles. The average molecular weight is 585 g/mol. The van der Waals surface area contributed by atoms with E-state index in [4.69, 9.17) is 0 Å². The Kier molecular flexibility index (Phi) is 12.9. The topological polar surface area (TPSA) is 78.4 Å². The lowest BCUT2D eigenvalue weighted by Gasteiger charge is -2.29. The monoisotopic (exact) mass is 584 g/mol. The van der Waals surface area contributed by atoms with E-state index in [0.29, 0.717) is 23.8 Å². The molecule has 1 amide bonds. The molecule has 1 aliphatic rings. The molecule has 2 atom stereocenters. The molecule has 1 fully saturated rings. The summed E-state index contributed by atoms with van der Waals surface area (Å²) in [6.07, 6.45) is 10.3. The molecule has 0 aromatic heterocycles. The van der Waals surface area contributed by atoms with E-state index in [0.717, 1.165) is 40.5 Å². The van der Waals surface area contributed by atoms with Gasteiger partial charge in [0, 0.05) is 28.6 Å². The number of carbonyl (C=O) groups excluding carboxylic acids is 1. The largest absolute Gasteiger partial charge is 0.480 e. The molecule has 0 saturated heterocycles. The van der Waals surface area contributed by atoms with E-state index >= 15 is 0 Å². The SMILES string of the molecule is CSCCC(NC(=O)c1ccc(CNC(CSC(C)(C)C)CC2CCCCC2)cc1-c1ccccc1C)C(=O)O. The van der Waals surface area contributed by atoms with E-state index in [1.807, 2.05) is 61.3 Å². The lowest BCUT2D eigenvalue weighted by Crippen LogP contribution is -2.41. The summed E-state index contributed by atoms with van der Waals surface area (Å²) in [5.74, 6) is 1.20. The van der Waals surface area contributed by atoms with Crippen LogP contribution in [0.4, 0.5) is 0 Å². The highest BCUT2D eigenvalue weighted by molar-refractivity contribution is 8.00. The normalized spacial score (nSPS) is 15.9. The van der Waals surface area contributed by atoms with Crippen LogP contribution in [0.1, 0.15) is 87.2 Å². The van der Waals surface area contributed by atoms with Crippen molar-refractivity contribution in [1.82, 2.24) is 10.6 Å². The zero-order valence-electron chi connectivity index (χ0n) is 24.9. The Morgan fingerprint density at radius 1 is 1.05 bits per heavy atom. The Morgan fingerprint density at radius 3 is 2.42 bits per heavy atom. The van der Waals surface area contributed by atoms with Gasteiger partial charge in [0.15, 0.2) is 0 Å². The van der Waals surface area contributed by atoms with Crippen molar-refractivity contribution >= 4 is 35.4 Å². The molecule has 40 heavy (non-hydrogen) atoms. The van der Waals surface area contributed by atoms with E-state index in [1.54, 1.807) is 11.8 Å². The van der Waals surface area contributed by atoms with Crippen molar-refractivity contribution in [3.05, 3.63) is 59.2 Å². The third-order valence-corrected chi connectivity index (χ3v) is 9.71. The molecule has 1 saturated carbocycles. The van der Waals surface area contributed by atoms with Gasteiger partial charge < -0.3 is 15.7 Å². The van der Waals surface area contributed by atoms with Crippen molar-refractivity contribution in [3.63, 3.8) is 0 Å². The fraction of sp³-hybridized carbons (Fsp3) is 0.576. The maximum atomic E-state index is 13.4. The summed E-state index contributed by atoms with van der Waals surface area (Å²) in [7, 11) is 0. The van der Waals surface area contributed by atoms with E-state index in [9.17, 15) is 14.7 Å². The minimum Gasteiger partial charge on any atom is -0.480 e. The number of aliphatic carboxylic acids is 1. The fourth-order valence-electron chi connectivity index (χ4n) is 5.37. The number of aryl methyl sites for hydroxylation is 1. The summed E-state index contributed by atoms with van der Waals surface area (Å²) in [4.78, 5) is 25.2. The van der Waals surface area contributed by atoms with Crippen molar-refractivity contribution in [2.45, 2.75) is 96.0 Å². The molecule has 0 heterocycles. The molecule has 7 heteroatoms. The second-order valence-corrected chi connectivity index (χ2v) is 14.9. The number of nitrogens with one attached hydrogen (secondary N) is 2. The molecular weight excluding hydrogens is 537 g/mol. The van der Waals surface area contributed by atoms with Crippen LogP contribution in [0.2, 0.25) is 0 Å². The first-order valence-corrected chi connectivity index (χ1v) is 17.0. The quantitative estimate of drug-likeness (QED) is 0.213. The minimum absolute atomic E-state index is 0.225. The first-order valence-electron chi connectivity index (χ1n) is 14.7. The maximum Gasteiger partial charge on any atom is 0.326 e. The lowest BCUT2D eigenvalue weighted by molar-refractivity contribution is -0.139. The summed E-state index contributed by atoms with van der Waals surface area (Å²) in [5.41, 5.74) is 4.55. The molecule has 2 unspecified atom stereocenters. The van der Waals surface area contributed by atoms with Crippen LogP contribution in [0.5, 0.6) is 0 Å². The predicted octanol–water partition coefficient (Wildman–Crippen LogP) is 7.56. The summed E-state index contributed by atoms with van der Waals surface area (Å²) < 4.78 is 0.225. The van der Waals surface area contributed by atoms with Crippen LogP contribution in [-0.4, -0.2) is 51.6 Å². The van der Waals surface area contributed by atoms with E-state index in [2.05, 4.69) is 37.5 Å². The van der Waals surface area contributed by atoms with Crippen molar-refractivity contribution in [1.29, 1.82) is 0 Å². The minimum atomic E-state index is -1.00. The van der Waals surface area contributed by atoms with Crippen molar-refractivity contribution in [2.24, 2.45) is 5.92 Å². The van der Waals surface area contributed by atoms with Gasteiger partial charge in [-0.25, -0.2) is 4.79 Å². The number of hydrogen-bond acceptors (Lipinski definition) is 5. The van der Waals surface area contributed by atoms with E-state index in [1.165, 1.54) is 38.5 Å². The number of amides is 1. The van der Waals surface area contributed by atoms with Crippen LogP contribution in [0.25, 0.3) is 11.1 Å². The summed E-state index contributed by atoms with van der Waals surface area (Å²) in [6.45, 7) is 9.62. The first kappa shape index (κ1) is 32.6. The third-order valence-electron chi connectivity index (χ3n) is 7.63. The highest BCUT2D eigenvalue weighted by Gasteiger charge is 2.24. The van der Waals surface area contributed by atoms with Gasteiger partial charge in [-0.15, -0.1) is 0 Å². The Labute approximate surface area is 250 Å². The number of rotatable bonds is 14. The molecule has 3 rings (SSSR count). The van der Waals surface area contributed by atoms with Crippen LogP contribution < -0.4 is 10.6 Å². The zero-order valence-corrected chi connectivity index (χ0v) is 26.6. The number of carboxylic acids is 1. The highest BCUT2D eigenvalue weighted by Crippen LogP contribution is 2.32. The molecule has 0 bridgehead atoms. The molecular formula is C33H48N2O3S2. The number of carbonyl (C=O) groups is 2. The number of hydrogen-bond donors (Lipinski definition) is 3. The van der Waals surface area contributed by atoms with Gasteiger partial charge in [-0.3, -0.25) is 4.79 Å². The number of benzene rings is 2. The van der Waals surface area contributed by atoms with Gasteiger partial charge in [0.25, 0.3) is 5.91 Å². The Balaban J connectivity index is 1.83. The molecule has 2 aromatic carbocycles. The molecule has 1 aliphatic carbocycles. The maximum absolute atomic E-state index is 13.4. The second-order valence-electron chi connectivity index (χ2n) is 12.1. The van der Waals surface area contributed by atoms with Crippen molar-refractivity contribution in [3.8, 4) is 11.1 Å². The van der Waals surface area contributed by atoms with Crippen LogP contribution in [0.3, 0.4) is 0 Å². The van der Waals surface area contributed by atoms with Gasteiger partial charge in [-0.1, -0.05) is 83.2 Å². The van der Waals surface area contributed by atoms with E-state index in [-0.39, 0.29) is 10.7 Å². The number of carboxylic acid groups (broad SMARTS) is 1. The van der Waals surface area contributed by atoms with Crippen LogP contribution in [-0.2, 0) is 11.3 Å². The molecule has 220 valence electrons. The Bertz CT molecular complexity index is 1110. The standard InChI is InChI=1S/C33H48N2O3S2/c1-23-11-9-10-14-27(23)29-20-25(15-16-28(29)31(36)35-30(32(37)38)17-18-39-5)21-34-26(22-40-33(2,3)4)19-24-12-7-6-8-13-24/h9-11,14-16,20,24,26,30,34H,6-8,12-13,17-19,21-22H2,1-5H3,(H,35,36)(H,37,38). The highest BCUT2D eigenvalue weighted by atomic mass is 32.2. The second kappa shape index (κ2) is 15.9. The Morgan fingerprint density at radius 2 is 1.77 bits per heavy atom. The van der Waals surface area contributed by atoms with Gasteiger partial charge in [0.2, 0.25) is 0 Å². The smallest absolute Gasteiger partial charge is 0.326 e. The summed E-state index contributed by atoms with van der Waals surface area (Å²) >= 11 is 3.60. The van der Waals surface area contributed by atoms with Gasteiger partial charge in [0.1, 0.15) is 6.04 Å². The van der Waals surface area contributed by atoms with Gasteiger partial charge in [-0.05, 0) is 72.1 Å². The average Bonchev–Trinajstić information content (AvgIpc) is 2.92. The molecule has 3 N–H and O–H groups in total. The van der Waals surface area contributed by atoms with Crippen LogP contribution in [0, 0.1) is 12.8 Å². The van der Waals surface area contributed by atoms with Gasteiger partial charge >= 0.3 is 5.97 Å². The van der Waals surface area contributed by atoms with Crippen LogP contribution >= 0.6 is 23.5 Å². The zero-order chi connectivity index (χ0) is 29.1. The molecule has 2 aromatic rings. The third kappa shape index (κ3) is 10.5. The summed E-state index contributed by atoms with van der Waals surface area (Å²) in [6, 6.07) is 13.6. The van der Waals surface area contributed by atoms with Crippen molar-refractivity contribution in [2.75, 3.05) is 17.8 Å². The fourth-order valence-corrected chi connectivity index (χ4v) is 6.80. The molecule has 0 spiro atoms. The Hall–Kier alpha value is -1.96. The first-order chi connectivity index (χ1) is 19.1. The predicted molar refractivity (Wildman–Crippen MR) is 173 cm³/mol. The number of thioether (sulfide) groups is 2. The van der Waals surface area contributed by atoms with E-state index < -0.39 is 12.0 Å². The van der Waals surface area contributed by atoms with Crippen molar-refractivity contribution < 1.29 is 14.7 Å². The molecule has 0 radical (unpaired) electrons. The summed E-state index contributed by atoms with van der Waals surface area (Å²) in [5, 5.41) is 16.3. The van der Waals surface area contributed by atoms with Crippen LogP contribution in [0.15, 0.2) is 42.5 Å². The molecule has 5 nitrogen and oxygen atoms in total. The lowest BCUT2D eigenvalue weighted by atomic mass is 9.85. The van der Waals surface area contributed by atoms with Gasteiger partial charge in [-0.2, -0.15) is 23.5 Å². The van der Waals surface area contributed by atoms with Gasteiger partial charge in [0.05, 0.1) is 0 Å².